The van der Waals surface area contributed by atoms with Crippen molar-refractivity contribution >= 4 is 0 Å². The number of hydrogen-bond donors (Lipinski definition) is 0. The lowest BCUT2D eigenvalue weighted by atomic mass is 9.94. The molecule has 2 nitrogen and oxygen atoms in total. The predicted octanol–water partition coefficient (Wildman–Crippen LogP) is 6.90. The van der Waals surface area contributed by atoms with Crippen molar-refractivity contribution in [3.05, 3.63) is 68.8 Å². The minimum absolute atomic E-state index is 0. The third kappa shape index (κ3) is 8.62. The number of hydrogen-bond acceptors (Lipinski definition) is 1. The Balaban J connectivity index is 0.000000333. The van der Waals surface area contributed by atoms with Crippen molar-refractivity contribution in [2.45, 2.75) is 93.6 Å². The van der Waals surface area contributed by atoms with Gasteiger partial charge in [0, 0.05) is 0 Å². The van der Waals surface area contributed by atoms with E-state index < -0.39 is 0 Å². The van der Waals surface area contributed by atoms with Crippen LogP contribution in [0.5, 0.6) is 0 Å². The van der Waals surface area contributed by atoms with Crippen LogP contribution >= 0.6 is 0 Å². The lowest BCUT2D eigenvalue weighted by Crippen LogP contribution is -1.96. The summed E-state index contributed by atoms with van der Waals surface area (Å²) in [4.78, 5) is 0. The predicted molar refractivity (Wildman–Crippen MR) is 131 cm³/mol. The maximum absolute atomic E-state index is 4.86. The maximum atomic E-state index is 4.86. The molecule has 0 amide bonds. The molecular weight excluding hydrogens is 368 g/mol. The molecule has 0 radical (unpaired) electrons. The number of ether oxygens (including phenoxy) is 1. The molecule has 0 spiro atoms. The fraction of sp³-hybridized carbons (Fsp3) is 0.571. The van der Waals surface area contributed by atoms with Gasteiger partial charge < -0.3 is 10.2 Å². The number of rotatable bonds is 4. The Hall–Kier alpha value is -1.64. The van der Waals surface area contributed by atoms with Gasteiger partial charge in [0.2, 0.25) is 0 Å². The molecule has 1 atom stereocenters. The van der Waals surface area contributed by atoms with E-state index in [0.717, 1.165) is 18.9 Å². The Labute approximate surface area is 185 Å². The van der Waals surface area contributed by atoms with Gasteiger partial charge in [0.15, 0.2) is 0 Å². The zero-order chi connectivity index (χ0) is 21.6. The fourth-order valence-electron chi connectivity index (χ4n) is 3.52. The molecule has 2 aliphatic rings. The molecule has 1 unspecified atom stereocenters. The molecule has 1 aliphatic heterocycles. The van der Waals surface area contributed by atoms with E-state index in [4.69, 9.17) is 4.74 Å². The molecule has 2 fully saturated rings. The van der Waals surface area contributed by atoms with Gasteiger partial charge in [-0.1, -0.05) is 57.4 Å². The Morgan fingerprint density at radius 2 is 1.07 bits per heavy atom. The number of benzene rings is 2. The van der Waals surface area contributed by atoms with Crippen LogP contribution in [0.25, 0.3) is 0 Å². The van der Waals surface area contributed by atoms with Crippen molar-refractivity contribution in [1.29, 1.82) is 0 Å². The van der Waals surface area contributed by atoms with Gasteiger partial charge in [0.05, 0.1) is 12.7 Å². The minimum atomic E-state index is 0. The molecule has 2 aromatic carbocycles. The average molecular weight is 413 g/mol. The summed E-state index contributed by atoms with van der Waals surface area (Å²) in [6, 6.07) is 9.30. The van der Waals surface area contributed by atoms with E-state index in [2.05, 4.69) is 79.7 Å². The zero-order valence-electron chi connectivity index (χ0n) is 20.6. The highest BCUT2D eigenvalue weighted by atomic mass is 16.6. The summed E-state index contributed by atoms with van der Waals surface area (Å²) in [5, 5.41) is 0. The molecule has 2 N–H and O–H groups in total. The first kappa shape index (κ1) is 26.4. The second-order valence-electron chi connectivity index (χ2n) is 9.10. The first-order valence-electron chi connectivity index (χ1n) is 11.5. The van der Waals surface area contributed by atoms with Gasteiger partial charge >= 0.3 is 0 Å². The Bertz CT molecular complexity index is 685. The molecular formula is C28H44O2. The van der Waals surface area contributed by atoms with Gasteiger partial charge in [-0.05, 0) is 105 Å². The third-order valence-corrected chi connectivity index (χ3v) is 6.51. The lowest BCUT2D eigenvalue weighted by molar-refractivity contribution is 0.403. The quantitative estimate of drug-likeness (QED) is 0.503. The van der Waals surface area contributed by atoms with Gasteiger partial charge in [-0.3, -0.25) is 0 Å². The van der Waals surface area contributed by atoms with Crippen LogP contribution in [-0.2, 0) is 11.2 Å². The highest BCUT2D eigenvalue weighted by Gasteiger charge is 2.18. The molecule has 1 saturated heterocycles. The fourth-order valence-corrected chi connectivity index (χ4v) is 3.52. The Morgan fingerprint density at radius 1 is 0.700 bits per heavy atom. The first-order chi connectivity index (χ1) is 13.7. The van der Waals surface area contributed by atoms with Gasteiger partial charge in [0.25, 0.3) is 0 Å². The van der Waals surface area contributed by atoms with Crippen LogP contribution in [0.1, 0.15) is 84.0 Å². The summed E-state index contributed by atoms with van der Waals surface area (Å²) in [6.45, 7) is 18.6. The van der Waals surface area contributed by atoms with E-state index >= 15 is 0 Å². The summed E-state index contributed by atoms with van der Waals surface area (Å²) in [7, 11) is 0. The maximum Gasteiger partial charge on any atom is 0.0807 e. The van der Waals surface area contributed by atoms with Crippen molar-refractivity contribution < 1.29 is 10.2 Å². The van der Waals surface area contributed by atoms with E-state index in [1.165, 1.54) is 70.2 Å². The number of aryl methyl sites for hydroxylation is 4. The zero-order valence-corrected chi connectivity index (χ0v) is 20.6. The normalized spacial score (nSPS) is 16.5. The van der Waals surface area contributed by atoms with Gasteiger partial charge in [0.1, 0.15) is 0 Å². The summed E-state index contributed by atoms with van der Waals surface area (Å²) in [5.41, 5.74) is 11.3. The van der Waals surface area contributed by atoms with E-state index in [-0.39, 0.29) is 5.48 Å². The molecule has 1 saturated carbocycles. The summed E-state index contributed by atoms with van der Waals surface area (Å²) >= 11 is 0. The monoisotopic (exact) mass is 412 g/mol. The van der Waals surface area contributed by atoms with Gasteiger partial charge in [-0.15, -0.1) is 0 Å². The Kier molecular flexibility index (Phi) is 10.8. The highest BCUT2D eigenvalue weighted by molar-refractivity contribution is 5.42. The molecule has 2 heteroatoms. The van der Waals surface area contributed by atoms with Crippen LogP contribution in [0.3, 0.4) is 0 Å². The van der Waals surface area contributed by atoms with E-state index in [1.807, 2.05) is 0 Å². The van der Waals surface area contributed by atoms with E-state index in [0.29, 0.717) is 6.10 Å². The SMILES string of the molecule is CCC1CC1.CCC1CO1.Cc1cc(Cc2cc(C)c(C)c(C)c2)cc(C)c1C.O. The Morgan fingerprint density at radius 3 is 1.23 bits per heavy atom. The summed E-state index contributed by atoms with van der Waals surface area (Å²) < 4.78 is 4.86. The first-order valence-corrected chi connectivity index (χ1v) is 11.5. The second kappa shape index (κ2) is 12.3. The number of epoxide rings is 1. The largest absolute Gasteiger partial charge is 0.412 e. The van der Waals surface area contributed by atoms with Gasteiger partial charge in [-0.25, -0.2) is 0 Å². The van der Waals surface area contributed by atoms with Crippen LogP contribution in [-0.4, -0.2) is 18.2 Å². The average Bonchev–Trinajstić information content (AvgIpc) is 3.58. The van der Waals surface area contributed by atoms with Gasteiger partial charge in [-0.2, -0.15) is 0 Å². The lowest BCUT2D eigenvalue weighted by Gasteiger charge is -2.12. The van der Waals surface area contributed by atoms with Crippen LogP contribution in [0, 0.1) is 47.5 Å². The molecule has 0 aromatic heterocycles. The van der Waals surface area contributed by atoms with Crippen LogP contribution < -0.4 is 0 Å². The van der Waals surface area contributed by atoms with E-state index in [9.17, 15) is 0 Å². The molecule has 1 heterocycles. The highest BCUT2D eigenvalue weighted by Crippen LogP contribution is 2.31. The summed E-state index contributed by atoms with van der Waals surface area (Å²) in [6.07, 6.45) is 7.30. The van der Waals surface area contributed by atoms with Crippen LogP contribution in [0.2, 0.25) is 0 Å². The standard InChI is InChI=1S/C19H24.C5H10.C4H8O.H2O/c1-12-7-18(8-13(2)16(12)5)11-19-9-14(3)17(6)15(4)10-19;1-2-5-3-4-5;1-2-4-3-5-4;/h7-10H,11H2,1-6H3;5H,2-4H2,1H3;4H,2-3H2,1H3;1H2. The molecule has 30 heavy (non-hydrogen) atoms. The van der Waals surface area contributed by atoms with Crippen molar-refractivity contribution in [2.75, 3.05) is 6.61 Å². The smallest absolute Gasteiger partial charge is 0.0807 e. The molecule has 2 aromatic rings. The third-order valence-electron chi connectivity index (χ3n) is 6.51. The molecule has 4 rings (SSSR count). The summed E-state index contributed by atoms with van der Waals surface area (Å²) in [5.74, 6) is 1.13. The van der Waals surface area contributed by atoms with Crippen molar-refractivity contribution in [2.24, 2.45) is 5.92 Å². The molecule has 168 valence electrons. The van der Waals surface area contributed by atoms with E-state index in [1.54, 1.807) is 0 Å². The molecule has 0 bridgehead atoms. The van der Waals surface area contributed by atoms with Crippen LogP contribution in [0.15, 0.2) is 24.3 Å². The van der Waals surface area contributed by atoms with Crippen LogP contribution in [0.4, 0.5) is 0 Å². The van der Waals surface area contributed by atoms with Crippen molar-refractivity contribution in [3.63, 3.8) is 0 Å². The topological polar surface area (TPSA) is 44.0 Å². The van der Waals surface area contributed by atoms with Crippen molar-refractivity contribution in [3.8, 4) is 0 Å². The molecule has 1 aliphatic carbocycles. The minimum Gasteiger partial charge on any atom is -0.412 e. The second-order valence-corrected chi connectivity index (χ2v) is 9.10. The van der Waals surface area contributed by atoms with Crippen molar-refractivity contribution in [1.82, 2.24) is 0 Å².